The van der Waals surface area contributed by atoms with E-state index in [1.165, 1.54) is 11.3 Å². The first-order valence-electron chi connectivity index (χ1n) is 11.4. The molecule has 1 saturated heterocycles. The molecule has 2 aliphatic rings. The molecule has 1 N–H and O–H groups in total. The average Bonchev–Trinajstić information content (AvgIpc) is 3.54. The van der Waals surface area contributed by atoms with Crippen LogP contribution in [0, 0.1) is 0 Å². The van der Waals surface area contributed by atoms with Crippen molar-refractivity contribution < 1.29 is 23.7 Å². The number of nitrogens with one attached hydrogen (secondary N) is 1. The zero-order valence-corrected chi connectivity index (χ0v) is 21.1. The largest absolute Gasteiger partial charge is 0.495 e. The number of halogens is 1. The Hall–Kier alpha value is -3.17. The molecule has 184 valence electrons. The molecule has 0 atom stereocenters. The Morgan fingerprint density at radius 2 is 1.83 bits per heavy atom. The number of thiazole rings is 1. The van der Waals surface area contributed by atoms with Crippen molar-refractivity contribution >= 4 is 39.7 Å². The molecular weight excluding hydrogens is 490 g/mol. The van der Waals surface area contributed by atoms with Crippen molar-refractivity contribution in [2.75, 3.05) is 45.8 Å². The summed E-state index contributed by atoms with van der Waals surface area (Å²) in [5.74, 6) is 2.58. The molecular formula is C25H26ClN3O5S. The number of methoxy groups -OCH3 is 2. The molecule has 1 amide bonds. The molecule has 0 saturated carbocycles. The molecule has 1 aromatic heterocycles. The van der Waals surface area contributed by atoms with Crippen LogP contribution in [-0.4, -0.2) is 56.3 Å². The van der Waals surface area contributed by atoms with E-state index in [4.69, 9.17) is 35.5 Å². The van der Waals surface area contributed by atoms with E-state index < -0.39 is 0 Å². The molecule has 0 bridgehead atoms. The van der Waals surface area contributed by atoms with E-state index in [0.29, 0.717) is 52.1 Å². The van der Waals surface area contributed by atoms with Crippen LogP contribution in [0.25, 0.3) is 11.3 Å². The van der Waals surface area contributed by atoms with Gasteiger partial charge in [0.25, 0.3) is 0 Å². The number of carbonyl (C=O) groups is 1. The number of likely N-dealkylation sites (tertiary alicyclic amines) is 1. The lowest BCUT2D eigenvalue weighted by Gasteiger charge is -2.19. The highest BCUT2D eigenvalue weighted by atomic mass is 35.5. The summed E-state index contributed by atoms with van der Waals surface area (Å²) >= 11 is 7.79. The normalized spacial score (nSPS) is 14.7. The summed E-state index contributed by atoms with van der Waals surface area (Å²) in [6.07, 6.45) is 2.38. The molecule has 2 aromatic carbocycles. The molecule has 5 rings (SSSR count). The van der Waals surface area contributed by atoms with Crippen LogP contribution >= 0.6 is 22.9 Å². The number of hydrogen-bond acceptors (Lipinski definition) is 8. The lowest BCUT2D eigenvalue weighted by Crippen LogP contribution is -2.28. The maximum Gasteiger partial charge on any atom is 0.227 e. The number of fused-ring (bicyclic) bond motifs is 1. The van der Waals surface area contributed by atoms with Gasteiger partial charge in [0.2, 0.25) is 5.91 Å². The number of benzene rings is 2. The van der Waals surface area contributed by atoms with E-state index in [9.17, 15) is 4.79 Å². The third kappa shape index (κ3) is 4.97. The third-order valence-corrected chi connectivity index (χ3v) is 7.27. The quantitative estimate of drug-likeness (QED) is 0.465. The van der Waals surface area contributed by atoms with Crippen LogP contribution in [0.2, 0.25) is 5.02 Å². The van der Waals surface area contributed by atoms with Crippen molar-refractivity contribution in [3.05, 3.63) is 40.2 Å². The number of carbonyl (C=O) groups excluding carboxylic acids is 1. The predicted molar refractivity (Wildman–Crippen MR) is 136 cm³/mol. The van der Waals surface area contributed by atoms with Gasteiger partial charge in [0.1, 0.15) is 24.7 Å². The van der Waals surface area contributed by atoms with E-state index in [-0.39, 0.29) is 12.3 Å². The number of ether oxygens (including phenoxy) is 4. The molecule has 8 nitrogen and oxygen atoms in total. The van der Waals surface area contributed by atoms with Crippen LogP contribution in [-0.2, 0) is 11.2 Å². The van der Waals surface area contributed by atoms with Gasteiger partial charge < -0.3 is 29.2 Å². The zero-order chi connectivity index (χ0) is 24.4. The summed E-state index contributed by atoms with van der Waals surface area (Å²) in [7, 11) is 3.13. The summed E-state index contributed by atoms with van der Waals surface area (Å²) < 4.78 is 22.2. The molecule has 2 aliphatic heterocycles. The van der Waals surface area contributed by atoms with Crippen LogP contribution in [0.4, 0.5) is 10.8 Å². The Kier molecular flexibility index (Phi) is 6.88. The Morgan fingerprint density at radius 1 is 1.09 bits per heavy atom. The third-order valence-electron chi connectivity index (χ3n) is 6.00. The SMILES string of the molecule is COc1cc(OC)c(Nc2nc(-c3ccc4c(c3)OCCO4)c(CC(=O)N3CCCC3)s2)cc1Cl. The van der Waals surface area contributed by atoms with Gasteiger partial charge in [-0.05, 0) is 37.1 Å². The topological polar surface area (TPSA) is 82.1 Å². The van der Waals surface area contributed by atoms with Crippen molar-refractivity contribution in [1.29, 1.82) is 0 Å². The van der Waals surface area contributed by atoms with Gasteiger partial charge in [-0.3, -0.25) is 4.79 Å². The fraction of sp³-hybridized carbons (Fsp3) is 0.360. The van der Waals surface area contributed by atoms with Crippen LogP contribution in [0.15, 0.2) is 30.3 Å². The Balaban J connectivity index is 1.50. The number of aromatic nitrogens is 1. The first-order chi connectivity index (χ1) is 17.1. The van der Waals surface area contributed by atoms with Gasteiger partial charge in [0.15, 0.2) is 16.6 Å². The van der Waals surface area contributed by atoms with E-state index in [1.54, 1.807) is 26.4 Å². The fourth-order valence-corrected chi connectivity index (χ4v) is 5.46. The van der Waals surface area contributed by atoms with Gasteiger partial charge in [0, 0.05) is 29.6 Å². The lowest BCUT2D eigenvalue weighted by atomic mass is 10.1. The van der Waals surface area contributed by atoms with Gasteiger partial charge in [-0.2, -0.15) is 0 Å². The Bertz CT molecular complexity index is 1240. The number of anilines is 2. The molecule has 10 heteroatoms. The second kappa shape index (κ2) is 10.2. The molecule has 0 radical (unpaired) electrons. The monoisotopic (exact) mass is 515 g/mol. The van der Waals surface area contributed by atoms with E-state index in [2.05, 4.69) is 5.32 Å². The minimum Gasteiger partial charge on any atom is -0.495 e. The molecule has 0 aliphatic carbocycles. The van der Waals surface area contributed by atoms with Crippen molar-refractivity contribution in [2.45, 2.75) is 19.3 Å². The van der Waals surface area contributed by atoms with E-state index >= 15 is 0 Å². The maximum absolute atomic E-state index is 13.0. The average molecular weight is 516 g/mol. The molecule has 3 aromatic rings. The van der Waals surface area contributed by atoms with Crippen molar-refractivity contribution in [3.63, 3.8) is 0 Å². The summed E-state index contributed by atoms with van der Waals surface area (Å²) in [4.78, 5) is 20.7. The summed E-state index contributed by atoms with van der Waals surface area (Å²) in [5, 5.41) is 4.38. The molecule has 1 fully saturated rings. The Morgan fingerprint density at radius 3 is 2.57 bits per heavy atom. The smallest absolute Gasteiger partial charge is 0.227 e. The minimum absolute atomic E-state index is 0.113. The predicted octanol–water partition coefficient (Wildman–Crippen LogP) is 5.16. The minimum atomic E-state index is 0.113. The zero-order valence-electron chi connectivity index (χ0n) is 19.6. The van der Waals surface area contributed by atoms with Crippen molar-refractivity contribution in [3.8, 4) is 34.3 Å². The highest BCUT2D eigenvalue weighted by molar-refractivity contribution is 7.16. The second-order valence-corrected chi connectivity index (χ2v) is 9.72. The second-order valence-electron chi connectivity index (χ2n) is 8.23. The standard InChI is InChI=1S/C25H26ClN3O5S/c1-31-19-13-20(32-2)17(12-16(19)26)27-25-28-24(15-5-6-18-21(11-15)34-10-9-33-18)22(35-25)14-23(30)29-7-3-4-8-29/h5-6,11-13H,3-4,7-10,14H2,1-2H3,(H,27,28). The number of nitrogens with zero attached hydrogens (tertiary/aromatic N) is 2. The summed E-state index contributed by atoms with van der Waals surface area (Å²) in [5.41, 5.74) is 2.25. The van der Waals surface area contributed by atoms with Crippen LogP contribution in [0.3, 0.4) is 0 Å². The number of rotatable bonds is 7. The fourth-order valence-electron chi connectivity index (χ4n) is 4.23. The first kappa shape index (κ1) is 23.6. The van der Waals surface area contributed by atoms with Gasteiger partial charge in [-0.1, -0.05) is 11.6 Å². The van der Waals surface area contributed by atoms with Gasteiger partial charge in [-0.15, -0.1) is 11.3 Å². The number of hydrogen-bond donors (Lipinski definition) is 1. The lowest BCUT2D eigenvalue weighted by molar-refractivity contribution is -0.129. The summed E-state index contributed by atoms with van der Waals surface area (Å²) in [6, 6.07) is 9.20. The van der Waals surface area contributed by atoms with E-state index in [0.717, 1.165) is 42.1 Å². The van der Waals surface area contributed by atoms with Crippen molar-refractivity contribution in [2.24, 2.45) is 0 Å². The van der Waals surface area contributed by atoms with Crippen LogP contribution in [0.1, 0.15) is 17.7 Å². The maximum atomic E-state index is 13.0. The van der Waals surface area contributed by atoms with Gasteiger partial charge in [-0.25, -0.2) is 4.98 Å². The molecule has 0 unspecified atom stereocenters. The highest BCUT2D eigenvalue weighted by Crippen LogP contribution is 2.41. The van der Waals surface area contributed by atoms with Gasteiger partial charge >= 0.3 is 0 Å². The van der Waals surface area contributed by atoms with Crippen LogP contribution < -0.4 is 24.3 Å². The molecule has 3 heterocycles. The van der Waals surface area contributed by atoms with Crippen molar-refractivity contribution in [1.82, 2.24) is 9.88 Å². The molecule has 0 spiro atoms. The van der Waals surface area contributed by atoms with E-state index in [1.807, 2.05) is 23.1 Å². The number of amides is 1. The molecule has 35 heavy (non-hydrogen) atoms. The first-order valence-corrected chi connectivity index (χ1v) is 12.6. The highest BCUT2D eigenvalue weighted by Gasteiger charge is 2.24. The van der Waals surface area contributed by atoms with Gasteiger partial charge in [0.05, 0.1) is 37.0 Å². The summed E-state index contributed by atoms with van der Waals surface area (Å²) in [6.45, 7) is 2.64. The van der Waals surface area contributed by atoms with Crippen LogP contribution in [0.5, 0.6) is 23.0 Å². The Labute approximate surface area is 212 Å².